The third-order valence-electron chi connectivity index (χ3n) is 3.89. The van der Waals surface area contributed by atoms with E-state index in [0.29, 0.717) is 12.2 Å². The van der Waals surface area contributed by atoms with Crippen LogP contribution in [0.4, 0.5) is 0 Å². The van der Waals surface area contributed by atoms with Gasteiger partial charge in [0.25, 0.3) is 0 Å². The van der Waals surface area contributed by atoms with Crippen molar-refractivity contribution in [2.24, 2.45) is 5.41 Å². The summed E-state index contributed by atoms with van der Waals surface area (Å²) in [5, 5.41) is 12.9. The lowest BCUT2D eigenvalue weighted by molar-refractivity contribution is -0.0750. The second-order valence-corrected chi connectivity index (χ2v) is 7.62. The van der Waals surface area contributed by atoms with Gasteiger partial charge in [-0.15, -0.1) is 0 Å². The van der Waals surface area contributed by atoms with Crippen LogP contribution < -0.4 is 5.32 Å². The van der Waals surface area contributed by atoms with Crippen LogP contribution in [-0.4, -0.2) is 43.2 Å². The molecule has 0 amide bonds. The summed E-state index contributed by atoms with van der Waals surface area (Å²) >= 11 is 0. The first-order valence-corrected chi connectivity index (χ1v) is 7.28. The van der Waals surface area contributed by atoms with Crippen LogP contribution in [0.15, 0.2) is 0 Å². The summed E-state index contributed by atoms with van der Waals surface area (Å²) in [5.41, 5.74) is -0.119. The van der Waals surface area contributed by atoms with Crippen molar-refractivity contribution in [1.29, 1.82) is 0 Å². The molecule has 0 aromatic heterocycles. The third kappa shape index (κ3) is 2.05. The van der Waals surface area contributed by atoms with Gasteiger partial charge in [0.15, 0.2) is 9.84 Å². The first-order valence-electron chi connectivity index (χ1n) is 5.46. The van der Waals surface area contributed by atoms with Crippen molar-refractivity contribution in [3.8, 4) is 0 Å². The third-order valence-corrected chi connectivity index (χ3v) is 5.65. The van der Waals surface area contributed by atoms with E-state index in [1.807, 2.05) is 13.8 Å². The molecule has 88 valence electrons. The van der Waals surface area contributed by atoms with Crippen LogP contribution in [0.1, 0.15) is 26.7 Å². The molecule has 1 aliphatic heterocycles. The van der Waals surface area contributed by atoms with Crippen molar-refractivity contribution < 1.29 is 13.5 Å². The van der Waals surface area contributed by atoms with Crippen LogP contribution in [0.2, 0.25) is 0 Å². The molecule has 2 N–H and O–H groups in total. The first kappa shape index (κ1) is 11.4. The molecular formula is C10H19NO3S. The summed E-state index contributed by atoms with van der Waals surface area (Å²) in [4.78, 5) is 0. The number of aliphatic hydroxyl groups is 1. The molecule has 3 atom stereocenters. The highest BCUT2D eigenvalue weighted by atomic mass is 32.2. The second kappa shape index (κ2) is 3.43. The van der Waals surface area contributed by atoms with E-state index in [0.717, 1.165) is 6.42 Å². The molecule has 2 aliphatic rings. The minimum Gasteiger partial charge on any atom is -0.392 e. The summed E-state index contributed by atoms with van der Waals surface area (Å²) in [5.74, 6) is 0.566. The van der Waals surface area contributed by atoms with Crippen LogP contribution in [0.5, 0.6) is 0 Å². The van der Waals surface area contributed by atoms with Crippen LogP contribution in [0.25, 0.3) is 0 Å². The maximum Gasteiger partial charge on any atom is 0.151 e. The lowest BCUT2D eigenvalue weighted by Crippen LogP contribution is -2.62. The second-order valence-electron chi connectivity index (χ2n) is 5.39. The molecule has 0 aromatic carbocycles. The van der Waals surface area contributed by atoms with Crippen molar-refractivity contribution in [2.75, 3.05) is 11.5 Å². The molecule has 15 heavy (non-hydrogen) atoms. The standard InChI is InChI=1S/C10H19NO3S/c1-10(2)8(5-9(10)12)11-7-3-4-15(13,14)6-7/h7-9,11-12H,3-6H2,1-2H3. The van der Waals surface area contributed by atoms with E-state index < -0.39 is 9.84 Å². The van der Waals surface area contributed by atoms with Gasteiger partial charge >= 0.3 is 0 Å². The van der Waals surface area contributed by atoms with Gasteiger partial charge in [0.05, 0.1) is 17.6 Å². The van der Waals surface area contributed by atoms with E-state index in [2.05, 4.69) is 5.32 Å². The average Bonchev–Trinajstić information content (AvgIpc) is 2.45. The summed E-state index contributed by atoms with van der Waals surface area (Å²) < 4.78 is 22.5. The van der Waals surface area contributed by atoms with Gasteiger partial charge in [-0.1, -0.05) is 13.8 Å². The molecule has 1 heterocycles. The molecule has 0 radical (unpaired) electrons. The van der Waals surface area contributed by atoms with Crippen LogP contribution in [0, 0.1) is 5.41 Å². The predicted octanol–water partition coefficient (Wildman–Crippen LogP) is -0.0775. The molecule has 0 aromatic rings. The van der Waals surface area contributed by atoms with E-state index >= 15 is 0 Å². The lowest BCUT2D eigenvalue weighted by Gasteiger charge is -2.50. The molecule has 3 unspecified atom stereocenters. The fourth-order valence-electron chi connectivity index (χ4n) is 2.40. The maximum absolute atomic E-state index is 11.3. The Bertz CT molecular complexity index is 350. The monoisotopic (exact) mass is 233 g/mol. The van der Waals surface area contributed by atoms with Crippen molar-refractivity contribution in [2.45, 2.75) is 44.9 Å². The zero-order valence-electron chi connectivity index (χ0n) is 9.23. The van der Waals surface area contributed by atoms with Gasteiger partial charge in [-0.05, 0) is 12.8 Å². The predicted molar refractivity (Wildman–Crippen MR) is 58.4 cm³/mol. The van der Waals surface area contributed by atoms with Gasteiger partial charge < -0.3 is 10.4 Å². The maximum atomic E-state index is 11.3. The Balaban J connectivity index is 1.90. The van der Waals surface area contributed by atoms with Crippen molar-refractivity contribution >= 4 is 9.84 Å². The van der Waals surface area contributed by atoms with Gasteiger partial charge in [0, 0.05) is 17.5 Å². The van der Waals surface area contributed by atoms with Crippen LogP contribution in [-0.2, 0) is 9.84 Å². The molecule has 1 saturated heterocycles. The van der Waals surface area contributed by atoms with Crippen molar-refractivity contribution in [3.05, 3.63) is 0 Å². The Hall–Kier alpha value is -0.130. The van der Waals surface area contributed by atoms with Gasteiger partial charge in [0.1, 0.15) is 0 Å². The summed E-state index contributed by atoms with van der Waals surface area (Å²) in [6, 6.07) is 0.345. The Morgan fingerprint density at radius 3 is 2.47 bits per heavy atom. The minimum absolute atomic E-state index is 0.0896. The number of rotatable bonds is 2. The highest BCUT2D eigenvalue weighted by Gasteiger charge is 2.48. The van der Waals surface area contributed by atoms with Crippen molar-refractivity contribution in [3.63, 3.8) is 0 Å². The Labute approximate surface area is 91.0 Å². The van der Waals surface area contributed by atoms with E-state index in [1.165, 1.54) is 0 Å². The van der Waals surface area contributed by atoms with E-state index in [4.69, 9.17) is 0 Å². The topological polar surface area (TPSA) is 66.4 Å². The molecule has 1 aliphatic carbocycles. The fourth-order valence-corrected chi connectivity index (χ4v) is 4.08. The Morgan fingerprint density at radius 2 is 2.07 bits per heavy atom. The fraction of sp³-hybridized carbons (Fsp3) is 1.00. The summed E-state index contributed by atoms with van der Waals surface area (Å²) in [7, 11) is -2.80. The SMILES string of the molecule is CC1(C)C(O)CC1NC1CCS(=O)(=O)C1. The number of nitrogens with one attached hydrogen (secondary N) is 1. The number of hydrogen-bond donors (Lipinski definition) is 2. The largest absolute Gasteiger partial charge is 0.392 e. The zero-order valence-corrected chi connectivity index (χ0v) is 10.0. The van der Waals surface area contributed by atoms with Gasteiger partial charge in [-0.2, -0.15) is 0 Å². The zero-order chi connectivity index (χ0) is 11.3. The van der Waals surface area contributed by atoms with Gasteiger partial charge in [-0.3, -0.25) is 0 Å². The van der Waals surface area contributed by atoms with E-state index in [9.17, 15) is 13.5 Å². The molecule has 4 nitrogen and oxygen atoms in total. The molecule has 2 rings (SSSR count). The molecule has 5 heteroatoms. The first-order chi connectivity index (χ1) is 6.81. The van der Waals surface area contributed by atoms with Crippen molar-refractivity contribution in [1.82, 2.24) is 5.32 Å². The quantitative estimate of drug-likeness (QED) is 0.700. The van der Waals surface area contributed by atoms with E-state index in [1.54, 1.807) is 0 Å². The van der Waals surface area contributed by atoms with Crippen LogP contribution >= 0.6 is 0 Å². The number of aliphatic hydroxyl groups excluding tert-OH is 1. The molecule has 1 saturated carbocycles. The normalized spacial score (nSPS) is 42.5. The minimum atomic E-state index is -2.80. The molecule has 2 fully saturated rings. The molecular weight excluding hydrogens is 214 g/mol. The lowest BCUT2D eigenvalue weighted by atomic mass is 9.64. The molecule has 0 bridgehead atoms. The smallest absolute Gasteiger partial charge is 0.151 e. The summed E-state index contributed by atoms with van der Waals surface area (Å²) in [6.07, 6.45) is 1.20. The number of hydrogen-bond acceptors (Lipinski definition) is 4. The van der Waals surface area contributed by atoms with E-state index in [-0.39, 0.29) is 29.4 Å². The van der Waals surface area contributed by atoms with Crippen LogP contribution in [0.3, 0.4) is 0 Å². The van der Waals surface area contributed by atoms with Gasteiger partial charge in [0.2, 0.25) is 0 Å². The Morgan fingerprint density at radius 1 is 1.40 bits per heavy atom. The Kier molecular flexibility index (Phi) is 2.60. The highest BCUT2D eigenvalue weighted by Crippen LogP contribution is 2.41. The summed E-state index contributed by atoms with van der Waals surface area (Å²) in [6.45, 7) is 4.03. The molecule has 0 spiro atoms. The van der Waals surface area contributed by atoms with Gasteiger partial charge in [-0.25, -0.2) is 8.42 Å². The average molecular weight is 233 g/mol. The number of sulfone groups is 1. The highest BCUT2D eigenvalue weighted by molar-refractivity contribution is 7.91.